The van der Waals surface area contributed by atoms with Gasteiger partial charge in [0.1, 0.15) is 0 Å². The molecule has 70 valence electrons. The summed E-state index contributed by atoms with van der Waals surface area (Å²) in [5.41, 5.74) is 1.87. The van der Waals surface area contributed by atoms with Crippen LogP contribution in [-0.4, -0.2) is 11.1 Å². The Hall–Kier alpha value is -1.86. The maximum Gasteiger partial charge on any atom is 0.251 e. The van der Waals surface area contributed by atoms with Crippen molar-refractivity contribution in [3.8, 4) is 6.07 Å². The fourth-order valence-corrected chi connectivity index (χ4v) is 1.54. The lowest BCUT2D eigenvalue weighted by molar-refractivity contribution is -0.124. The van der Waals surface area contributed by atoms with Crippen LogP contribution in [0.4, 0.5) is 5.69 Å². The summed E-state index contributed by atoms with van der Waals surface area (Å²) in [5, 5.41) is 18.7. The number of anilines is 1. The second-order valence-electron chi connectivity index (χ2n) is 3.16. The summed E-state index contributed by atoms with van der Waals surface area (Å²) in [6.07, 6.45) is 0.874. The van der Waals surface area contributed by atoms with E-state index in [0.717, 1.165) is 5.56 Å². The number of nitrogens with zero attached hydrogens (tertiary/aromatic N) is 2. The van der Waals surface area contributed by atoms with Crippen molar-refractivity contribution < 1.29 is 10.0 Å². The van der Waals surface area contributed by atoms with Crippen LogP contribution >= 0.6 is 0 Å². The molecule has 0 saturated carbocycles. The van der Waals surface area contributed by atoms with Gasteiger partial charge < -0.3 is 0 Å². The monoisotopic (exact) mass is 188 g/mol. The minimum atomic E-state index is -0.304. The molecular formula is C10H8N2O2. The molecular weight excluding hydrogens is 180 g/mol. The molecule has 0 aromatic heterocycles. The van der Waals surface area contributed by atoms with E-state index in [1.807, 2.05) is 6.07 Å². The maximum atomic E-state index is 11.1. The molecule has 0 unspecified atom stereocenters. The number of hydrogen-bond acceptors (Lipinski definition) is 3. The van der Waals surface area contributed by atoms with E-state index in [4.69, 9.17) is 5.26 Å². The molecule has 0 spiro atoms. The molecule has 1 heterocycles. The number of fused-ring (bicyclic) bond motifs is 1. The molecule has 1 aromatic carbocycles. The molecule has 1 aromatic rings. The molecule has 14 heavy (non-hydrogen) atoms. The third-order valence-corrected chi connectivity index (χ3v) is 2.28. The summed E-state index contributed by atoms with van der Waals surface area (Å²) in [7, 11) is 0. The van der Waals surface area contributed by atoms with Crippen LogP contribution in [0.25, 0.3) is 0 Å². The summed E-state index contributed by atoms with van der Waals surface area (Å²) >= 11 is 0. The Morgan fingerprint density at radius 2 is 2.21 bits per heavy atom. The van der Waals surface area contributed by atoms with Gasteiger partial charge in [0, 0.05) is 6.42 Å². The summed E-state index contributed by atoms with van der Waals surface area (Å²) in [5.74, 6) is -0.304. The van der Waals surface area contributed by atoms with Gasteiger partial charge in [0.2, 0.25) is 0 Å². The topological polar surface area (TPSA) is 64.3 Å². The molecule has 1 aliphatic heterocycles. The van der Waals surface area contributed by atoms with Crippen LogP contribution in [0.2, 0.25) is 0 Å². The van der Waals surface area contributed by atoms with E-state index in [9.17, 15) is 10.0 Å². The fraction of sp³-hybridized carbons (Fsp3) is 0.200. The molecule has 0 bridgehead atoms. The van der Waals surface area contributed by atoms with Gasteiger partial charge in [-0.25, -0.2) is 0 Å². The van der Waals surface area contributed by atoms with Crippen LogP contribution in [0.3, 0.4) is 0 Å². The van der Waals surface area contributed by atoms with Crippen LogP contribution in [-0.2, 0) is 11.2 Å². The molecule has 0 fully saturated rings. The first-order chi connectivity index (χ1) is 6.72. The fourth-order valence-electron chi connectivity index (χ4n) is 1.54. The van der Waals surface area contributed by atoms with E-state index in [-0.39, 0.29) is 5.91 Å². The van der Waals surface area contributed by atoms with Crippen molar-refractivity contribution in [1.82, 2.24) is 0 Å². The highest BCUT2D eigenvalue weighted by atomic mass is 16.5. The summed E-state index contributed by atoms with van der Waals surface area (Å²) in [6.45, 7) is 0. The quantitative estimate of drug-likeness (QED) is 0.622. The van der Waals surface area contributed by atoms with Gasteiger partial charge in [-0.1, -0.05) is 0 Å². The van der Waals surface area contributed by atoms with Crippen LogP contribution < -0.4 is 5.06 Å². The molecule has 1 amide bonds. The van der Waals surface area contributed by atoms with Crippen molar-refractivity contribution in [2.24, 2.45) is 0 Å². The zero-order valence-electron chi connectivity index (χ0n) is 7.40. The number of hydroxylamine groups is 1. The van der Waals surface area contributed by atoms with Gasteiger partial charge in [0.15, 0.2) is 0 Å². The van der Waals surface area contributed by atoms with Gasteiger partial charge in [-0.15, -0.1) is 0 Å². The lowest BCUT2D eigenvalue weighted by atomic mass is 10.0. The Bertz CT molecular complexity index is 434. The zero-order chi connectivity index (χ0) is 10.1. The van der Waals surface area contributed by atoms with Crippen LogP contribution in [0.5, 0.6) is 0 Å². The molecule has 1 aliphatic rings. The predicted molar refractivity (Wildman–Crippen MR) is 48.8 cm³/mol. The number of benzene rings is 1. The Kier molecular flexibility index (Phi) is 1.95. The van der Waals surface area contributed by atoms with Gasteiger partial charge in [0.25, 0.3) is 5.91 Å². The highest BCUT2D eigenvalue weighted by molar-refractivity contribution is 5.94. The molecule has 4 heteroatoms. The smallest absolute Gasteiger partial charge is 0.251 e. The highest BCUT2D eigenvalue weighted by Gasteiger charge is 2.22. The largest absolute Gasteiger partial charge is 0.281 e. The summed E-state index contributed by atoms with van der Waals surface area (Å²) < 4.78 is 0. The minimum Gasteiger partial charge on any atom is -0.281 e. The maximum absolute atomic E-state index is 11.1. The second kappa shape index (κ2) is 3.13. The highest BCUT2D eigenvalue weighted by Crippen LogP contribution is 2.26. The number of aryl methyl sites for hydroxylation is 1. The van der Waals surface area contributed by atoms with Gasteiger partial charge in [-0.05, 0) is 30.2 Å². The number of hydrogen-bond donors (Lipinski definition) is 1. The number of rotatable bonds is 0. The van der Waals surface area contributed by atoms with Gasteiger partial charge >= 0.3 is 0 Å². The van der Waals surface area contributed by atoms with Gasteiger partial charge in [0.05, 0.1) is 17.3 Å². The normalized spacial score (nSPS) is 14.9. The van der Waals surface area contributed by atoms with E-state index < -0.39 is 0 Å². The van der Waals surface area contributed by atoms with Gasteiger partial charge in [-0.2, -0.15) is 10.3 Å². The van der Waals surface area contributed by atoms with Crippen molar-refractivity contribution in [3.63, 3.8) is 0 Å². The number of amides is 1. The number of carbonyl (C=O) groups is 1. The molecule has 0 atom stereocenters. The van der Waals surface area contributed by atoms with Crippen LogP contribution in [0, 0.1) is 11.3 Å². The van der Waals surface area contributed by atoms with Gasteiger partial charge in [-0.3, -0.25) is 10.0 Å². The molecule has 4 nitrogen and oxygen atoms in total. The van der Waals surface area contributed by atoms with E-state index in [1.54, 1.807) is 18.2 Å². The van der Waals surface area contributed by atoms with E-state index >= 15 is 0 Å². The zero-order valence-corrected chi connectivity index (χ0v) is 7.40. The van der Waals surface area contributed by atoms with Crippen molar-refractivity contribution >= 4 is 11.6 Å². The first kappa shape index (κ1) is 8.73. The SMILES string of the molecule is N#Cc1ccc2c(c1)CCC(=O)N2O. The van der Waals surface area contributed by atoms with Crippen molar-refractivity contribution in [3.05, 3.63) is 29.3 Å². The van der Waals surface area contributed by atoms with Crippen molar-refractivity contribution in [2.75, 3.05) is 5.06 Å². The minimum absolute atomic E-state index is 0.290. The third-order valence-electron chi connectivity index (χ3n) is 2.28. The molecule has 0 radical (unpaired) electrons. The Morgan fingerprint density at radius 3 is 2.93 bits per heavy atom. The second-order valence-corrected chi connectivity index (χ2v) is 3.16. The lowest BCUT2D eigenvalue weighted by Gasteiger charge is -2.23. The molecule has 1 N–H and O–H groups in total. The van der Waals surface area contributed by atoms with E-state index in [2.05, 4.69) is 0 Å². The van der Waals surface area contributed by atoms with Crippen LogP contribution in [0.1, 0.15) is 17.5 Å². The number of carbonyl (C=O) groups excluding carboxylic acids is 1. The lowest BCUT2D eigenvalue weighted by Crippen LogP contribution is -2.31. The summed E-state index contributed by atoms with van der Waals surface area (Å²) in [6, 6.07) is 6.89. The standard InChI is InChI=1S/C10H8N2O2/c11-6-7-1-3-9-8(5-7)2-4-10(13)12(9)14/h1,3,5,14H,2,4H2. The average molecular weight is 188 g/mol. The Morgan fingerprint density at radius 1 is 1.43 bits per heavy atom. The van der Waals surface area contributed by atoms with E-state index in [1.165, 1.54) is 0 Å². The number of nitriles is 1. The third kappa shape index (κ3) is 1.24. The molecule has 2 rings (SSSR count). The molecule has 0 aliphatic carbocycles. The molecule has 0 saturated heterocycles. The summed E-state index contributed by atoms with van der Waals surface area (Å²) in [4.78, 5) is 11.1. The Balaban J connectivity index is 2.50. The van der Waals surface area contributed by atoms with Crippen molar-refractivity contribution in [1.29, 1.82) is 5.26 Å². The van der Waals surface area contributed by atoms with Crippen molar-refractivity contribution in [2.45, 2.75) is 12.8 Å². The predicted octanol–water partition coefficient (Wildman–Crippen LogP) is 1.23. The first-order valence-corrected chi connectivity index (χ1v) is 4.27. The van der Waals surface area contributed by atoms with E-state index in [0.29, 0.717) is 29.2 Å². The first-order valence-electron chi connectivity index (χ1n) is 4.27. The Labute approximate surface area is 80.9 Å². The van der Waals surface area contributed by atoms with Crippen LogP contribution in [0.15, 0.2) is 18.2 Å². The average Bonchev–Trinajstić information content (AvgIpc) is 2.23.